The van der Waals surface area contributed by atoms with Crippen molar-refractivity contribution in [3.63, 3.8) is 0 Å². The molecular formula is C10H21NO. The van der Waals surface area contributed by atoms with Gasteiger partial charge in [0.2, 0.25) is 0 Å². The van der Waals surface area contributed by atoms with E-state index in [0.29, 0.717) is 6.61 Å². The van der Waals surface area contributed by atoms with Crippen molar-refractivity contribution in [2.75, 3.05) is 19.7 Å². The van der Waals surface area contributed by atoms with Crippen LogP contribution >= 0.6 is 0 Å². The molecule has 2 heteroatoms. The molecule has 1 unspecified atom stereocenters. The molecule has 12 heavy (non-hydrogen) atoms. The summed E-state index contributed by atoms with van der Waals surface area (Å²) < 4.78 is 0. The van der Waals surface area contributed by atoms with Gasteiger partial charge in [0.1, 0.15) is 0 Å². The van der Waals surface area contributed by atoms with Crippen LogP contribution in [0.3, 0.4) is 0 Å². The standard InChI is InChI=1S/C10H21NO/c1-10-6-2-3-7-11(10)8-4-5-9-12/h10,12H,2-9H2,1H3. The van der Waals surface area contributed by atoms with Crippen LogP contribution in [0.4, 0.5) is 0 Å². The highest BCUT2D eigenvalue weighted by Gasteiger charge is 2.16. The zero-order chi connectivity index (χ0) is 8.81. The Hall–Kier alpha value is -0.0800. The number of hydrogen-bond acceptors (Lipinski definition) is 2. The number of aliphatic hydroxyl groups is 1. The second-order valence-corrected chi connectivity index (χ2v) is 3.81. The monoisotopic (exact) mass is 171 g/mol. The maximum Gasteiger partial charge on any atom is 0.0431 e. The predicted octanol–water partition coefficient (Wildman–Crippen LogP) is 1.63. The van der Waals surface area contributed by atoms with E-state index in [1.54, 1.807) is 0 Å². The lowest BCUT2D eigenvalue weighted by atomic mass is 10.0. The van der Waals surface area contributed by atoms with E-state index in [4.69, 9.17) is 5.11 Å². The number of likely N-dealkylation sites (tertiary alicyclic amines) is 1. The Morgan fingerprint density at radius 1 is 1.33 bits per heavy atom. The molecule has 2 nitrogen and oxygen atoms in total. The molecule has 0 amide bonds. The van der Waals surface area contributed by atoms with Gasteiger partial charge in [0.25, 0.3) is 0 Å². The first-order valence-corrected chi connectivity index (χ1v) is 5.19. The normalized spacial score (nSPS) is 26.0. The molecule has 0 saturated carbocycles. The number of nitrogens with zero attached hydrogens (tertiary/aromatic N) is 1. The average molecular weight is 171 g/mol. The zero-order valence-electron chi connectivity index (χ0n) is 8.13. The van der Waals surface area contributed by atoms with E-state index >= 15 is 0 Å². The zero-order valence-corrected chi connectivity index (χ0v) is 8.13. The second-order valence-electron chi connectivity index (χ2n) is 3.81. The van der Waals surface area contributed by atoms with E-state index in [1.807, 2.05) is 0 Å². The molecule has 1 N–H and O–H groups in total. The first-order valence-electron chi connectivity index (χ1n) is 5.19. The summed E-state index contributed by atoms with van der Waals surface area (Å²) in [5.41, 5.74) is 0. The summed E-state index contributed by atoms with van der Waals surface area (Å²) in [5.74, 6) is 0. The molecule has 1 aliphatic heterocycles. The molecule has 0 aromatic rings. The van der Waals surface area contributed by atoms with Crippen LogP contribution < -0.4 is 0 Å². The summed E-state index contributed by atoms with van der Waals surface area (Å²) in [7, 11) is 0. The molecule has 0 radical (unpaired) electrons. The summed E-state index contributed by atoms with van der Waals surface area (Å²) in [5, 5.41) is 8.64. The summed E-state index contributed by atoms with van der Waals surface area (Å²) >= 11 is 0. The number of piperidine rings is 1. The van der Waals surface area contributed by atoms with Crippen LogP contribution in [0, 0.1) is 0 Å². The lowest BCUT2D eigenvalue weighted by Gasteiger charge is -2.33. The Bertz CT molecular complexity index is 116. The quantitative estimate of drug-likeness (QED) is 0.650. The molecular weight excluding hydrogens is 150 g/mol. The van der Waals surface area contributed by atoms with Crippen LogP contribution in [0.1, 0.15) is 39.0 Å². The van der Waals surface area contributed by atoms with Crippen LogP contribution in [-0.2, 0) is 0 Å². The van der Waals surface area contributed by atoms with E-state index in [1.165, 1.54) is 32.4 Å². The van der Waals surface area contributed by atoms with Gasteiger partial charge in [-0.05, 0) is 45.7 Å². The van der Waals surface area contributed by atoms with Gasteiger partial charge in [-0.25, -0.2) is 0 Å². The number of rotatable bonds is 4. The molecule has 1 fully saturated rings. The van der Waals surface area contributed by atoms with Crippen molar-refractivity contribution in [2.45, 2.75) is 45.1 Å². The highest BCUT2D eigenvalue weighted by molar-refractivity contribution is 4.72. The molecule has 0 aliphatic carbocycles. The molecule has 0 bridgehead atoms. The van der Waals surface area contributed by atoms with Gasteiger partial charge in [0.15, 0.2) is 0 Å². The summed E-state index contributed by atoms with van der Waals surface area (Å²) in [6, 6.07) is 0.775. The Morgan fingerprint density at radius 2 is 2.17 bits per heavy atom. The van der Waals surface area contributed by atoms with Crippen molar-refractivity contribution in [1.82, 2.24) is 4.90 Å². The highest BCUT2D eigenvalue weighted by atomic mass is 16.2. The van der Waals surface area contributed by atoms with Gasteiger partial charge in [-0.15, -0.1) is 0 Å². The van der Waals surface area contributed by atoms with Gasteiger partial charge in [-0.1, -0.05) is 6.42 Å². The van der Waals surface area contributed by atoms with Crippen molar-refractivity contribution in [2.24, 2.45) is 0 Å². The van der Waals surface area contributed by atoms with Crippen molar-refractivity contribution >= 4 is 0 Å². The molecule has 1 atom stereocenters. The smallest absolute Gasteiger partial charge is 0.0431 e. The predicted molar refractivity (Wildman–Crippen MR) is 51.2 cm³/mol. The van der Waals surface area contributed by atoms with Crippen LogP contribution in [0.2, 0.25) is 0 Å². The lowest BCUT2D eigenvalue weighted by molar-refractivity contribution is 0.153. The average Bonchev–Trinajstić information content (AvgIpc) is 2.09. The Balaban J connectivity index is 2.11. The maximum atomic E-state index is 8.64. The van der Waals surface area contributed by atoms with Crippen molar-refractivity contribution in [1.29, 1.82) is 0 Å². The van der Waals surface area contributed by atoms with Crippen molar-refractivity contribution < 1.29 is 5.11 Å². The minimum Gasteiger partial charge on any atom is -0.396 e. The van der Waals surface area contributed by atoms with E-state index < -0.39 is 0 Å². The number of unbranched alkanes of at least 4 members (excludes halogenated alkanes) is 1. The molecule has 0 aromatic heterocycles. The number of hydrogen-bond donors (Lipinski definition) is 1. The summed E-state index contributed by atoms with van der Waals surface area (Å²) in [4.78, 5) is 2.55. The van der Waals surface area contributed by atoms with Crippen LogP contribution in [0.15, 0.2) is 0 Å². The highest BCUT2D eigenvalue weighted by Crippen LogP contribution is 2.16. The van der Waals surface area contributed by atoms with E-state index in [9.17, 15) is 0 Å². The fraction of sp³-hybridized carbons (Fsp3) is 1.00. The summed E-state index contributed by atoms with van der Waals surface area (Å²) in [6.45, 7) is 5.12. The third-order valence-electron chi connectivity index (χ3n) is 2.79. The van der Waals surface area contributed by atoms with Crippen LogP contribution in [0.25, 0.3) is 0 Å². The largest absolute Gasteiger partial charge is 0.396 e. The lowest BCUT2D eigenvalue weighted by Crippen LogP contribution is -2.38. The van der Waals surface area contributed by atoms with Gasteiger partial charge >= 0.3 is 0 Å². The fourth-order valence-electron chi connectivity index (χ4n) is 1.92. The minimum absolute atomic E-state index is 0.349. The van der Waals surface area contributed by atoms with Gasteiger partial charge in [0.05, 0.1) is 0 Å². The molecule has 0 spiro atoms. The third kappa shape index (κ3) is 3.11. The molecule has 1 heterocycles. The SMILES string of the molecule is CC1CCCCN1CCCCO. The summed E-state index contributed by atoms with van der Waals surface area (Å²) in [6.07, 6.45) is 6.24. The third-order valence-corrected chi connectivity index (χ3v) is 2.79. The van der Waals surface area contributed by atoms with Crippen molar-refractivity contribution in [3.8, 4) is 0 Å². The second kappa shape index (κ2) is 5.55. The van der Waals surface area contributed by atoms with Gasteiger partial charge in [-0.2, -0.15) is 0 Å². The topological polar surface area (TPSA) is 23.5 Å². The first-order chi connectivity index (χ1) is 5.84. The maximum absolute atomic E-state index is 8.64. The Labute approximate surface area is 75.6 Å². The van der Waals surface area contributed by atoms with E-state index in [2.05, 4.69) is 11.8 Å². The van der Waals surface area contributed by atoms with Crippen molar-refractivity contribution in [3.05, 3.63) is 0 Å². The van der Waals surface area contributed by atoms with E-state index in [0.717, 1.165) is 18.9 Å². The number of aliphatic hydroxyl groups excluding tert-OH is 1. The first kappa shape index (κ1) is 10.0. The van der Waals surface area contributed by atoms with Gasteiger partial charge in [-0.3, -0.25) is 0 Å². The molecule has 1 rings (SSSR count). The van der Waals surface area contributed by atoms with Crippen LogP contribution in [0.5, 0.6) is 0 Å². The molecule has 72 valence electrons. The van der Waals surface area contributed by atoms with Gasteiger partial charge < -0.3 is 10.0 Å². The molecule has 0 aromatic carbocycles. The van der Waals surface area contributed by atoms with Gasteiger partial charge in [0, 0.05) is 12.6 Å². The Morgan fingerprint density at radius 3 is 2.83 bits per heavy atom. The van der Waals surface area contributed by atoms with E-state index in [-0.39, 0.29) is 0 Å². The van der Waals surface area contributed by atoms with Crippen LogP contribution in [-0.4, -0.2) is 35.7 Å². The fourth-order valence-corrected chi connectivity index (χ4v) is 1.92. The Kier molecular flexibility index (Phi) is 4.62. The minimum atomic E-state index is 0.349. The molecule has 1 aliphatic rings. The molecule has 1 saturated heterocycles.